The van der Waals surface area contributed by atoms with E-state index in [2.05, 4.69) is 20.5 Å². The Bertz CT molecular complexity index is 1130. The Morgan fingerprint density at radius 2 is 2.00 bits per heavy atom. The van der Waals surface area contributed by atoms with Crippen LogP contribution in [0.3, 0.4) is 0 Å². The van der Waals surface area contributed by atoms with Gasteiger partial charge in [-0.1, -0.05) is 42.5 Å². The molecule has 3 aromatic rings. The van der Waals surface area contributed by atoms with Crippen molar-refractivity contribution in [2.45, 2.75) is 0 Å². The number of hydrogen-bond donors (Lipinski definition) is 4. The molecule has 0 unspecified atom stereocenters. The molecule has 4 N–H and O–H groups in total. The number of H-pyrrole nitrogens is 1. The average Bonchev–Trinajstić information content (AvgIpc) is 2.69. The Morgan fingerprint density at radius 1 is 1.25 bits per heavy atom. The minimum atomic E-state index is -1.95. The molecule has 2 aromatic carbocycles. The third-order valence-electron chi connectivity index (χ3n) is 3.76. The lowest BCUT2D eigenvalue weighted by Gasteiger charge is -2.06. The van der Waals surface area contributed by atoms with Crippen LogP contribution in [0, 0.1) is 17.1 Å². The van der Waals surface area contributed by atoms with E-state index in [1.165, 1.54) is 18.3 Å². The summed E-state index contributed by atoms with van der Waals surface area (Å²) in [5, 5.41) is 31.4. The SMILES string of the molecule is N#Cc1c(-c2ccccc2)nc(NN=Cc2ccc(F)c(B(O)O)c2)[nH]c1=O. The monoisotopic (exact) mass is 377 g/mol. The van der Waals surface area contributed by atoms with Gasteiger partial charge >= 0.3 is 7.12 Å². The molecule has 0 bridgehead atoms. The molecule has 0 aliphatic carbocycles. The van der Waals surface area contributed by atoms with Crippen molar-refractivity contribution in [2.75, 3.05) is 5.43 Å². The number of nitrogens with zero attached hydrogens (tertiary/aromatic N) is 3. The van der Waals surface area contributed by atoms with Gasteiger partial charge in [-0.15, -0.1) is 0 Å². The number of nitriles is 1. The van der Waals surface area contributed by atoms with Crippen LogP contribution in [0.25, 0.3) is 11.3 Å². The minimum Gasteiger partial charge on any atom is -0.423 e. The summed E-state index contributed by atoms with van der Waals surface area (Å²) in [6.45, 7) is 0. The van der Waals surface area contributed by atoms with Gasteiger partial charge in [-0.25, -0.2) is 14.8 Å². The van der Waals surface area contributed by atoms with Crippen LogP contribution in [0.1, 0.15) is 11.1 Å². The van der Waals surface area contributed by atoms with Crippen molar-refractivity contribution in [3.05, 3.63) is 75.8 Å². The molecule has 0 saturated carbocycles. The van der Waals surface area contributed by atoms with Gasteiger partial charge in [-0.2, -0.15) is 10.4 Å². The lowest BCUT2D eigenvalue weighted by Crippen LogP contribution is -2.33. The summed E-state index contributed by atoms with van der Waals surface area (Å²) in [4.78, 5) is 18.8. The second kappa shape index (κ2) is 8.26. The van der Waals surface area contributed by atoms with Crippen LogP contribution in [-0.2, 0) is 0 Å². The number of aromatic nitrogens is 2. The van der Waals surface area contributed by atoms with Crippen LogP contribution in [0.4, 0.5) is 10.3 Å². The molecule has 8 nitrogen and oxygen atoms in total. The van der Waals surface area contributed by atoms with Gasteiger partial charge in [0.2, 0.25) is 5.95 Å². The summed E-state index contributed by atoms with van der Waals surface area (Å²) in [5.41, 5.74) is 2.68. The summed E-state index contributed by atoms with van der Waals surface area (Å²) in [6.07, 6.45) is 1.28. The van der Waals surface area contributed by atoms with E-state index in [0.29, 0.717) is 11.1 Å². The van der Waals surface area contributed by atoms with E-state index in [1.54, 1.807) is 30.3 Å². The number of anilines is 1. The van der Waals surface area contributed by atoms with E-state index in [9.17, 15) is 14.4 Å². The topological polar surface area (TPSA) is 134 Å². The van der Waals surface area contributed by atoms with Gasteiger partial charge in [0.25, 0.3) is 5.56 Å². The first-order valence-corrected chi connectivity index (χ1v) is 8.04. The molecule has 0 radical (unpaired) electrons. The highest BCUT2D eigenvalue weighted by molar-refractivity contribution is 6.58. The van der Waals surface area contributed by atoms with E-state index < -0.39 is 18.5 Å². The zero-order valence-electron chi connectivity index (χ0n) is 14.3. The molecule has 0 fully saturated rings. The van der Waals surface area contributed by atoms with Crippen molar-refractivity contribution in [2.24, 2.45) is 5.10 Å². The van der Waals surface area contributed by atoms with Crippen LogP contribution in [0.15, 0.2) is 58.4 Å². The molecule has 0 amide bonds. The molecule has 28 heavy (non-hydrogen) atoms. The van der Waals surface area contributed by atoms with E-state index in [0.717, 1.165) is 6.07 Å². The van der Waals surface area contributed by atoms with Crippen molar-refractivity contribution < 1.29 is 14.4 Å². The third kappa shape index (κ3) is 4.12. The lowest BCUT2D eigenvalue weighted by atomic mass is 9.79. The number of hydrazone groups is 1. The summed E-state index contributed by atoms with van der Waals surface area (Å²) >= 11 is 0. The zero-order chi connectivity index (χ0) is 20.1. The predicted octanol–water partition coefficient (Wildman–Crippen LogP) is 0.573. The molecule has 3 rings (SSSR count). The Labute approximate surface area is 158 Å². The molecule has 0 atom stereocenters. The first kappa shape index (κ1) is 19.0. The summed E-state index contributed by atoms with van der Waals surface area (Å²) < 4.78 is 13.5. The van der Waals surface area contributed by atoms with Crippen molar-refractivity contribution in [3.8, 4) is 17.3 Å². The molecule has 1 aromatic heterocycles. The van der Waals surface area contributed by atoms with Gasteiger partial charge in [0.05, 0.1) is 11.9 Å². The van der Waals surface area contributed by atoms with Gasteiger partial charge in [0.1, 0.15) is 17.4 Å². The van der Waals surface area contributed by atoms with Gasteiger partial charge in [0, 0.05) is 11.0 Å². The highest BCUT2D eigenvalue weighted by Crippen LogP contribution is 2.19. The molecular weight excluding hydrogens is 364 g/mol. The van der Waals surface area contributed by atoms with Crippen LogP contribution >= 0.6 is 0 Å². The maximum Gasteiger partial charge on any atom is 0.491 e. The second-order valence-corrected chi connectivity index (χ2v) is 5.64. The maximum absolute atomic E-state index is 13.5. The largest absolute Gasteiger partial charge is 0.491 e. The highest BCUT2D eigenvalue weighted by Gasteiger charge is 2.16. The van der Waals surface area contributed by atoms with E-state index in [4.69, 9.17) is 10.0 Å². The molecule has 0 aliphatic rings. The summed E-state index contributed by atoms with van der Waals surface area (Å²) in [7, 11) is -1.95. The fraction of sp³-hybridized carbons (Fsp3) is 0. The molecule has 1 heterocycles. The zero-order valence-corrected chi connectivity index (χ0v) is 14.3. The van der Waals surface area contributed by atoms with Crippen LogP contribution in [0.2, 0.25) is 0 Å². The van der Waals surface area contributed by atoms with Gasteiger partial charge < -0.3 is 10.0 Å². The first-order chi connectivity index (χ1) is 13.5. The Balaban J connectivity index is 1.89. The van der Waals surface area contributed by atoms with E-state index in [1.807, 2.05) is 6.07 Å². The van der Waals surface area contributed by atoms with Crippen molar-refractivity contribution in [3.63, 3.8) is 0 Å². The average molecular weight is 377 g/mol. The predicted molar refractivity (Wildman–Crippen MR) is 102 cm³/mol. The summed E-state index contributed by atoms with van der Waals surface area (Å²) in [6, 6.07) is 14.3. The quantitative estimate of drug-likeness (QED) is 0.292. The number of aromatic amines is 1. The number of benzene rings is 2. The number of hydrogen-bond acceptors (Lipinski definition) is 7. The highest BCUT2D eigenvalue weighted by atomic mass is 19.1. The van der Waals surface area contributed by atoms with E-state index >= 15 is 0 Å². The fourth-order valence-corrected chi connectivity index (χ4v) is 2.44. The van der Waals surface area contributed by atoms with Crippen molar-refractivity contribution in [1.29, 1.82) is 5.26 Å². The van der Waals surface area contributed by atoms with Crippen molar-refractivity contribution >= 4 is 24.7 Å². The molecule has 138 valence electrons. The lowest BCUT2D eigenvalue weighted by molar-refractivity contribution is 0.423. The fourth-order valence-electron chi connectivity index (χ4n) is 2.44. The molecule has 10 heteroatoms. The number of rotatable bonds is 5. The minimum absolute atomic E-state index is 0.00336. The normalized spacial score (nSPS) is 10.6. The van der Waals surface area contributed by atoms with Crippen LogP contribution in [0.5, 0.6) is 0 Å². The maximum atomic E-state index is 13.5. The van der Waals surface area contributed by atoms with Gasteiger partial charge in [0.15, 0.2) is 0 Å². The smallest absolute Gasteiger partial charge is 0.423 e. The number of halogens is 1. The molecule has 0 aliphatic heterocycles. The Morgan fingerprint density at radius 3 is 2.68 bits per heavy atom. The van der Waals surface area contributed by atoms with Gasteiger partial charge in [-0.05, 0) is 11.6 Å². The van der Waals surface area contributed by atoms with Crippen molar-refractivity contribution in [1.82, 2.24) is 9.97 Å². The molecule has 0 saturated heterocycles. The second-order valence-electron chi connectivity index (χ2n) is 5.64. The van der Waals surface area contributed by atoms with Crippen LogP contribution < -0.4 is 16.4 Å². The van der Waals surface area contributed by atoms with E-state index in [-0.39, 0.29) is 22.7 Å². The van der Waals surface area contributed by atoms with Crippen LogP contribution in [-0.4, -0.2) is 33.3 Å². The van der Waals surface area contributed by atoms with Gasteiger partial charge in [-0.3, -0.25) is 9.78 Å². The Hall–Kier alpha value is -3.81. The Kier molecular flexibility index (Phi) is 5.60. The molecular formula is C18H13BFN5O3. The standard InChI is InChI=1S/C18H13BFN5O3/c20-15-7-6-11(8-14(15)19(27)28)10-22-25-18-23-16(12-4-2-1-3-5-12)13(9-21)17(26)24-18/h1-8,10,27-28H,(H2,23,24,25,26). The molecule has 0 spiro atoms. The summed E-state index contributed by atoms with van der Waals surface area (Å²) in [5.74, 6) is -0.755. The third-order valence-corrected chi connectivity index (χ3v) is 3.76. The first-order valence-electron chi connectivity index (χ1n) is 8.04. The number of nitrogens with one attached hydrogen (secondary N) is 2.